The lowest BCUT2D eigenvalue weighted by molar-refractivity contribution is 0.371. The Balaban J connectivity index is 2.41. The first kappa shape index (κ1) is 11.1. The predicted molar refractivity (Wildman–Crippen MR) is 63.1 cm³/mol. The Morgan fingerprint density at radius 3 is 2.29 bits per heavy atom. The Kier molecular flexibility index (Phi) is 5.13. The molecule has 0 aliphatic carbocycles. The topological polar surface area (TPSA) is 3.24 Å². The van der Waals surface area contributed by atoms with Crippen molar-refractivity contribution in [1.82, 2.24) is 4.90 Å². The van der Waals surface area contributed by atoms with Gasteiger partial charge in [0, 0.05) is 18.8 Å². The Morgan fingerprint density at radius 1 is 1.07 bits per heavy atom. The summed E-state index contributed by atoms with van der Waals surface area (Å²) in [6.07, 6.45) is 13.6. The van der Waals surface area contributed by atoms with Crippen LogP contribution in [-0.4, -0.2) is 18.0 Å². The van der Waals surface area contributed by atoms with Crippen molar-refractivity contribution in [3.05, 3.63) is 36.6 Å². The number of hydrogen-bond donors (Lipinski definition) is 0. The van der Waals surface area contributed by atoms with Gasteiger partial charge in [0.1, 0.15) is 0 Å². The van der Waals surface area contributed by atoms with Crippen LogP contribution in [-0.2, 0) is 0 Å². The van der Waals surface area contributed by atoms with Crippen LogP contribution in [0.3, 0.4) is 0 Å². The van der Waals surface area contributed by atoms with Gasteiger partial charge in [-0.3, -0.25) is 0 Å². The first-order valence-corrected chi connectivity index (χ1v) is 5.58. The zero-order valence-corrected chi connectivity index (χ0v) is 9.21. The molecule has 0 unspecified atom stereocenters. The molecule has 1 fully saturated rings. The Bertz CT molecular complexity index is 217. The van der Waals surface area contributed by atoms with Crippen molar-refractivity contribution in [3.63, 3.8) is 0 Å². The van der Waals surface area contributed by atoms with E-state index < -0.39 is 0 Å². The van der Waals surface area contributed by atoms with E-state index in [9.17, 15) is 0 Å². The van der Waals surface area contributed by atoms with Crippen LogP contribution in [0.2, 0.25) is 0 Å². The third-order valence-corrected chi connectivity index (χ3v) is 2.60. The van der Waals surface area contributed by atoms with Gasteiger partial charge in [0.15, 0.2) is 0 Å². The van der Waals surface area contributed by atoms with Crippen LogP contribution in [0.25, 0.3) is 0 Å². The third kappa shape index (κ3) is 3.82. The van der Waals surface area contributed by atoms with E-state index in [4.69, 9.17) is 0 Å². The lowest BCUT2D eigenvalue weighted by atomic mass is 10.2. The molecule has 78 valence electrons. The highest BCUT2D eigenvalue weighted by atomic mass is 15.1. The first-order valence-electron chi connectivity index (χ1n) is 5.58. The van der Waals surface area contributed by atoms with Crippen molar-refractivity contribution in [3.8, 4) is 0 Å². The first-order chi connectivity index (χ1) is 6.84. The zero-order valence-electron chi connectivity index (χ0n) is 9.21. The molecule has 1 rings (SSSR count). The van der Waals surface area contributed by atoms with Crippen molar-refractivity contribution in [2.24, 2.45) is 0 Å². The zero-order chi connectivity index (χ0) is 10.2. The fourth-order valence-corrected chi connectivity index (χ4v) is 1.74. The van der Waals surface area contributed by atoms with Crippen molar-refractivity contribution >= 4 is 0 Å². The molecule has 1 aliphatic heterocycles. The molecule has 0 radical (unpaired) electrons. The Morgan fingerprint density at radius 2 is 1.71 bits per heavy atom. The maximum atomic E-state index is 4.10. The summed E-state index contributed by atoms with van der Waals surface area (Å²) in [4.78, 5) is 2.40. The molecular weight excluding hydrogens is 170 g/mol. The van der Waals surface area contributed by atoms with E-state index in [-0.39, 0.29) is 0 Å². The van der Waals surface area contributed by atoms with E-state index in [0.717, 1.165) is 5.70 Å². The summed E-state index contributed by atoms with van der Waals surface area (Å²) in [6, 6.07) is 0. The smallest absolute Gasteiger partial charge is 0.0293 e. The Labute approximate surface area is 87.8 Å². The molecule has 0 amide bonds. The molecule has 0 spiro atoms. The predicted octanol–water partition coefficient (Wildman–Crippen LogP) is 3.51. The van der Waals surface area contributed by atoms with Crippen LogP contribution in [0, 0.1) is 0 Å². The van der Waals surface area contributed by atoms with Crippen LogP contribution in [0.15, 0.2) is 36.6 Å². The number of allylic oxidation sites excluding steroid dienone is 4. The number of rotatable bonds is 3. The summed E-state index contributed by atoms with van der Waals surface area (Å²) < 4.78 is 0. The van der Waals surface area contributed by atoms with E-state index in [0.29, 0.717) is 0 Å². The van der Waals surface area contributed by atoms with Gasteiger partial charge in [-0.1, -0.05) is 37.6 Å². The molecule has 1 heteroatoms. The average molecular weight is 191 g/mol. The Hall–Kier alpha value is -0.980. The quantitative estimate of drug-likeness (QED) is 0.617. The van der Waals surface area contributed by atoms with E-state index in [1.54, 1.807) is 0 Å². The third-order valence-electron chi connectivity index (χ3n) is 2.60. The molecule has 0 aromatic heterocycles. The molecule has 1 saturated heterocycles. The second-order valence-corrected chi connectivity index (χ2v) is 3.78. The molecule has 0 aromatic rings. The van der Waals surface area contributed by atoms with Crippen molar-refractivity contribution in [2.45, 2.75) is 32.6 Å². The maximum Gasteiger partial charge on any atom is 0.0293 e. The van der Waals surface area contributed by atoms with Crippen LogP contribution in [0.1, 0.15) is 32.6 Å². The minimum Gasteiger partial charge on any atom is -0.372 e. The van der Waals surface area contributed by atoms with Gasteiger partial charge >= 0.3 is 0 Å². The second kappa shape index (κ2) is 6.47. The minimum atomic E-state index is 1.16. The van der Waals surface area contributed by atoms with Crippen molar-refractivity contribution in [1.29, 1.82) is 0 Å². The summed E-state index contributed by atoms with van der Waals surface area (Å²) >= 11 is 0. The SMILES string of the molecule is C=C(/C=C\C=C/C)N1CCCCCC1. The second-order valence-electron chi connectivity index (χ2n) is 3.78. The largest absolute Gasteiger partial charge is 0.372 e. The molecule has 0 aromatic carbocycles. The normalized spacial score (nSPS) is 19.1. The van der Waals surface area contributed by atoms with Gasteiger partial charge in [-0.25, -0.2) is 0 Å². The molecule has 0 N–H and O–H groups in total. The maximum absolute atomic E-state index is 4.10. The average Bonchev–Trinajstić information content (AvgIpc) is 2.46. The molecular formula is C13H21N. The summed E-state index contributed by atoms with van der Waals surface area (Å²) in [5.74, 6) is 0. The van der Waals surface area contributed by atoms with Crippen molar-refractivity contribution in [2.75, 3.05) is 13.1 Å². The minimum absolute atomic E-state index is 1.16. The monoisotopic (exact) mass is 191 g/mol. The fraction of sp³-hybridized carbons (Fsp3) is 0.538. The van der Waals surface area contributed by atoms with Crippen LogP contribution < -0.4 is 0 Å². The molecule has 1 heterocycles. The van der Waals surface area contributed by atoms with Crippen LogP contribution in [0.5, 0.6) is 0 Å². The number of likely N-dealkylation sites (tertiary alicyclic amines) is 1. The summed E-state index contributed by atoms with van der Waals surface area (Å²) in [5, 5.41) is 0. The number of nitrogens with zero attached hydrogens (tertiary/aromatic N) is 1. The number of hydrogen-bond acceptors (Lipinski definition) is 1. The van der Waals surface area contributed by atoms with Crippen LogP contribution in [0.4, 0.5) is 0 Å². The molecule has 0 bridgehead atoms. The van der Waals surface area contributed by atoms with Gasteiger partial charge in [-0.05, 0) is 25.8 Å². The van der Waals surface area contributed by atoms with Gasteiger partial charge in [0.05, 0.1) is 0 Å². The fourth-order valence-electron chi connectivity index (χ4n) is 1.74. The summed E-state index contributed by atoms with van der Waals surface area (Å²) in [5.41, 5.74) is 1.16. The van der Waals surface area contributed by atoms with Gasteiger partial charge in [0.2, 0.25) is 0 Å². The highest BCUT2D eigenvalue weighted by molar-refractivity contribution is 5.18. The van der Waals surface area contributed by atoms with Gasteiger partial charge in [0.25, 0.3) is 0 Å². The van der Waals surface area contributed by atoms with Crippen LogP contribution >= 0.6 is 0 Å². The van der Waals surface area contributed by atoms with Crippen molar-refractivity contribution < 1.29 is 0 Å². The lowest BCUT2D eigenvalue weighted by Crippen LogP contribution is -2.22. The van der Waals surface area contributed by atoms with E-state index in [1.165, 1.54) is 38.8 Å². The van der Waals surface area contributed by atoms with Gasteiger partial charge in [-0.2, -0.15) is 0 Å². The lowest BCUT2D eigenvalue weighted by Gasteiger charge is -2.22. The van der Waals surface area contributed by atoms with Gasteiger partial charge < -0.3 is 4.90 Å². The molecule has 1 nitrogen and oxygen atoms in total. The molecule has 1 aliphatic rings. The van der Waals surface area contributed by atoms with E-state index in [2.05, 4.69) is 23.6 Å². The highest BCUT2D eigenvalue weighted by Crippen LogP contribution is 2.14. The van der Waals surface area contributed by atoms with E-state index >= 15 is 0 Å². The van der Waals surface area contributed by atoms with Gasteiger partial charge in [-0.15, -0.1) is 0 Å². The molecule has 0 saturated carbocycles. The highest BCUT2D eigenvalue weighted by Gasteiger charge is 2.07. The summed E-state index contributed by atoms with van der Waals surface area (Å²) in [7, 11) is 0. The van der Waals surface area contributed by atoms with E-state index in [1.807, 2.05) is 19.1 Å². The molecule has 14 heavy (non-hydrogen) atoms. The summed E-state index contributed by atoms with van der Waals surface area (Å²) in [6.45, 7) is 8.48. The molecule has 0 atom stereocenters. The standard InChI is InChI=1S/C13H21N/c1-3-4-7-10-13(2)14-11-8-5-6-9-12-14/h3-4,7,10H,2,5-6,8-9,11-12H2,1H3/b4-3-,10-7-.